The Morgan fingerprint density at radius 3 is 2.59 bits per heavy atom. The first-order chi connectivity index (χ1) is 8.11. The van der Waals surface area contributed by atoms with Crippen LogP contribution < -0.4 is 5.32 Å². The minimum Gasteiger partial charge on any atom is -0.462 e. The number of rotatable bonds is 6. The fourth-order valence-electron chi connectivity index (χ4n) is 2.22. The molecule has 0 aliphatic carbocycles. The standard InChI is InChI=1S/C13H26N2O2/c1-4-15(10-13(16)17-11(2)3)9-12-5-7-14-8-6-12/h11-12,14H,4-10H2,1-3H3. The van der Waals surface area contributed by atoms with Crippen LogP contribution in [0.3, 0.4) is 0 Å². The van der Waals surface area contributed by atoms with E-state index < -0.39 is 0 Å². The maximum atomic E-state index is 11.6. The Labute approximate surface area is 105 Å². The molecule has 0 aromatic carbocycles. The molecule has 0 saturated carbocycles. The van der Waals surface area contributed by atoms with Crippen molar-refractivity contribution in [3.05, 3.63) is 0 Å². The largest absolute Gasteiger partial charge is 0.462 e. The summed E-state index contributed by atoms with van der Waals surface area (Å²) in [5.74, 6) is 0.624. The molecule has 1 fully saturated rings. The van der Waals surface area contributed by atoms with Crippen LogP contribution in [0.15, 0.2) is 0 Å². The monoisotopic (exact) mass is 242 g/mol. The van der Waals surface area contributed by atoms with E-state index in [4.69, 9.17) is 4.74 Å². The lowest BCUT2D eigenvalue weighted by atomic mass is 9.97. The van der Waals surface area contributed by atoms with Crippen molar-refractivity contribution in [1.82, 2.24) is 10.2 Å². The molecule has 0 aromatic rings. The van der Waals surface area contributed by atoms with Crippen molar-refractivity contribution in [2.24, 2.45) is 5.92 Å². The average molecular weight is 242 g/mol. The van der Waals surface area contributed by atoms with E-state index in [-0.39, 0.29) is 12.1 Å². The van der Waals surface area contributed by atoms with Gasteiger partial charge in [0.2, 0.25) is 0 Å². The first-order valence-corrected chi connectivity index (χ1v) is 6.74. The molecule has 0 unspecified atom stereocenters. The highest BCUT2D eigenvalue weighted by molar-refractivity contribution is 5.71. The second kappa shape index (κ2) is 7.67. The van der Waals surface area contributed by atoms with Crippen LogP contribution in [0.4, 0.5) is 0 Å². The first-order valence-electron chi connectivity index (χ1n) is 6.74. The molecule has 4 heteroatoms. The van der Waals surface area contributed by atoms with Crippen molar-refractivity contribution < 1.29 is 9.53 Å². The van der Waals surface area contributed by atoms with E-state index in [0.29, 0.717) is 6.54 Å². The van der Waals surface area contributed by atoms with E-state index in [9.17, 15) is 4.79 Å². The molecule has 0 bridgehead atoms. The molecule has 1 N–H and O–H groups in total. The van der Waals surface area contributed by atoms with Gasteiger partial charge in [-0.25, -0.2) is 0 Å². The summed E-state index contributed by atoms with van der Waals surface area (Å²) in [6.45, 7) is 10.5. The van der Waals surface area contributed by atoms with E-state index in [2.05, 4.69) is 17.1 Å². The third-order valence-corrected chi connectivity index (χ3v) is 3.14. The van der Waals surface area contributed by atoms with E-state index in [1.165, 1.54) is 12.8 Å². The lowest BCUT2D eigenvalue weighted by Gasteiger charge is -2.28. The van der Waals surface area contributed by atoms with E-state index >= 15 is 0 Å². The molecule has 4 nitrogen and oxygen atoms in total. The number of esters is 1. The molecule has 0 spiro atoms. The number of piperidine rings is 1. The molecule has 1 heterocycles. The lowest BCUT2D eigenvalue weighted by Crippen LogP contribution is -2.39. The van der Waals surface area contributed by atoms with Gasteiger partial charge in [0, 0.05) is 6.54 Å². The minimum absolute atomic E-state index is 0.0138. The fraction of sp³-hybridized carbons (Fsp3) is 0.923. The minimum atomic E-state index is -0.101. The number of nitrogens with one attached hydrogen (secondary N) is 1. The van der Waals surface area contributed by atoms with Gasteiger partial charge in [0.25, 0.3) is 0 Å². The van der Waals surface area contributed by atoms with Gasteiger partial charge in [0.1, 0.15) is 0 Å². The van der Waals surface area contributed by atoms with Crippen molar-refractivity contribution >= 4 is 5.97 Å². The zero-order valence-corrected chi connectivity index (χ0v) is 11.4. The average Bonchev–Trinajstić information content (AvgIpc) is 2.28. The Morgan fingerprint density at radius 2 is 2.06 bits per heavy atom. The first kappa shape index (κ1) is 14.5. The van der Waals surface area contributed by atoms with Gasteiger partial charge >= 0.3 is 5.97 Å². The summed E-state index contributed by atoms with van der Waals surface area (Å²) in [6, 6.07) is 0. The Balaban J connectivity index is 2.29. The molecule has 0 aromatic heterocycles. The number of hydrogen-bond donors (Lipinski definition) is 1. The van der Waals surface area contributed by atoms with E-state index in [1.807, 2.05) is 13.8 Å². The molecule has 1 aliphatic rings. The van der Waals surface area contributed by atoms with Crippen LogP contribution >= 0.6 is 0 Å². The van der Waals surface area contributed by atoms with Crippen LogP contribution in [0.5, 0.6) is 0 Å². The molecule has 0 radical (unpaired) electrons. The van der Waals surface area contributed by atoms with Gasteiger partial charge in [-0.1, -0.05) is 6.92 Å². The van der Waals surface area contributed by atoms with Crippen molar-refractivity contribution in [3.63, 3.8) is 0 Å². The van der Waals surface area contributed by atoms with Crippen LogP contribution in [-0.2, 0) is 9.53 Å². The summed E-state index contributed by atoms with van der Waals surface area (Å²) in [5, 5.41) is 3.36. The molecule has 1 aliphatic heterocycles. The van der Waals surface area contributed by atoms with Crippen molar-refractivity contribution in [2.45, 2.75) is 39.7 Å². The SMILES string of the molecule is CCN(CC(=O)OC(C)C)CC1CCNCC1. The number of nitrogens with zero attached hydrogens (tertiary/aromatic N) is 1. The van der Waals surface area contributed by atoms with E-state index in [1.54, 1.807) is 0 Å². The topological polar surface area (TPSA) is 41.6 Å². The molecular formula is C13H26N2O2. The molecule has 0 atom stereocenters. The van der Waals surface area contributed by atoms with Gasteiger partial charge in [-0.3, -0.25) is 9.69 Å². The predicted octanol–water partition coefficient (Wildman–Crippen LogP) is 1.26. The Kier molecular flexibility index (Phi) is 6.52. The highest BCUT2D eigenvalue weighted by Gasteiger charge is 2.18. The summed E-state index contributed by atoms with van der Waals surface area (Å²) >= 11 is 0. The second-order valence-corrected chi connectivity index (χ2v) is 5.06. The Morgan fingerprint density at radius 1 is 1.41 bits per heavy atom. The van der Waals surface area contributed by atoms with Gasteiger partial charge < -0.3 is 10.1 Å². The van der Waals surface area contributed by atoms with Crippen LogP contribution in [0.2, 0.25) is 0 Å². The molecule has 0 amide bonds. The number of carbonyl (C=O) groups is 1. The summed E-state index contributed by atoms with van der Waals surface area (Å²) < 4.78 is 5.18. The van der Waals surface area contributed by atoms with Crippen LogP contribution in [-0.4, -0.2) is 49.7 Å². The zero-order chi connectivity index (χ0) is 12.7. The van der Waals surface area contributed by atoms with Crippen LogP contribution in [0.25, 0.3) is 0 Å². The van der Waals surface area contributed by atoms with Gasteiger partial charge in [-0.05, 0) is 52.2 Å². The third kappa shape index (κ3) is 6.03. The normalized spacial score (nSPS) is 17.7. The molecule has 1 saturated heterocycles. The van der Waals surface area contributed by atoms with Gasteiger partial charge in [-0.15, -0.1) is 0 Å². The van der Waals surface area contributed by atoms with Crippen LogP contribution in [0.1, 0.15) is 33.6 Å². The summed E-state index contributed by atoms with van der Waals surface area (Å²) in [6.07, 6.45) is 2.42. The second-order valence-electron chi connectivity index (χ2n) is 5.06. The summed E-state index contributed by atoms with van der Waals surface area (Å²) in [4.78, 5) is 13.8. The van der Waals surface area contributed by atoms with Crippen molar-refractivity contribution in [1.29, 1.82) is 0 Å². The number of hydrogen-bond acceptors (Lipinski definition) is 4. The van der Waals surface area contributed by atoms with Crippen molar-refractivity contribution in [2.75, 3.05) is 32.7 Å². The maximum Gasteiger partial charge on any atom is 0.320 e. The van der Waals surface area contributed by atoms with E-state index in [0.717, 1.165) is 32.1 Å². The molecule has 17 heavy (non-hydrogen) atoms. The molecule has 100 valence electrons. The zero-order valence-electron chi connectivity index (χ0n) is 11.4. The number of likely N-dealkylation sites (N-methyl/N-ethyl adjacent to an activating group) is 1. The summed E-state index contributed by atoms with van der Waals surface area (Å²) in [7, 11) is 0. The maximum absolute atomic E-state index is 11.6. The highest BCUT2D eigenvalue weighted by atomic mass is 16.5. The third-order valence-electron chi connectivity index (χ3n) is 3.14. The number of carbonyl (C=O) groups excluding carboxylic acids is 1. The highest BCUT2D eigenvalue weighted by Crippen LogP contribution is 2.13. The lowest BCUT2D eigenvalue weighted by molar-refractivity contribution is -0.148. The van der Waals surface area contributed by atoms with Gasteiger partial charge in [-0.2, -0.15) is 0 Å². The molecular weight excluding hydrogens is 216 g/mol. The predicted molar refractivity (Wildman–Crippen MR) is 68.9 cm³/mol. The molecule has 1 rings (SSSR count). The van der Waals surface area contributed by atoms with Gasteiger partial charge in [0.15, 0.2) is 0 Å². The van der Waals surface area contributed by atoms with Crippen LogP contribution in [0, 0.1) is 5.92 Å². The quantitative estimate of drug-likeness (QED) is 0.712. The summed E-state index contributed by atoms with van der Waals surface area (Å²) in [5.41, 5.74) is 0. The fourth-order valence-corrected chi connectivity index (χ4v) is 2.22. The van der Waals surface area contributed by atoms with Crippen molar-refractivity contribution in [3.8, 4) is 0 Å². The Bertz CT molecular complexity index is 225. The number of ether oxygens (including phenoxy) is 1. The Hall–Kier alpha value is -0.610. The smallest absolute Gasteiger partial charge is 0.320 e. The van der Waals surface area contributed by atoms with Gasteiger partial charge in [0.05, 0.1) is 12.6 Å².